The zero-order valence-electron chi connectivity index (χ0n) is 10.3. The Labute approximate surface area is 116 Å². The van der Waals surface area contributed by atoms with Gasteiger partial charge in [0.2, 0.25) is 0 Å². The summed E-state index contributed by atoms with van der Waals surface area (Å²) in [5, 5.41) is 4.77. The number of hydrogen-bond acceptors (Lipinski definition) is 4. The minimum absolute atomic E-state index is 0.767. The first-order valence-electron chi connectivity index (χ1n) is 5.58. The second-order valence-corrected chi connectivity index (χ2v) is 5.17. The molecule has 0 radical (unpaired) electrons. The van der Waals surface area contributed by atoms with E-state index in [1.807, 2.05) is 44.3 Å². The number of thioether (sulfide) groups is 1. The van der Waals surface area contributed by atoms with Gasteiger partial charge in [0.05, 0.1) is 0 Å². The van der Waals surface area contributed by atoms with Crippen molar-refractivity contribution in [3.05, 3.63) is 46.7 Å². The van der Waals surface area contributed by atoms with Crippen LogP contribution in [0.15, 0.2) is 35.4 Å². The Bertz CT molecular complexity index is 546. The molecule has 1 aromatic heterocycles. The molecule has 2 aromatic rings. The molecule has 0 aliphatic heterocycles. The molecule has 18 heavy (non-hydrogen) atoms. The van der Waals surface area contributed by atoms with Gasteiger partial charge in [-0.1, -0.05) is 29.8 Å². The summed E-state index contributed by atoms with van der Waals surface area (Å²) >= 11 is 7.78. The number of aryl methyl sites for hydroxylation is 1. The normalized spacial score (nSPS) is 10.4. The number of nitrogens with zero attached hydrogens (tertiary/aromatic N) is 2. The van der Waals surface area contributed by atoms with Crippen LogP contribution in [-0.2, 0) is 5.75 Å². The van der Waals surface area contributed by atoms with Crippen LogP contribution < -0.4 is 5.32 Å². The summed E-state index contributed by atoms with van der Waals surface area (Å²) in [4.78, 5) is 8.66. The van der Waals surface area contributed by atoms with Crippen molar-refractivity contribution >= 4 is 29.2 Å². The first kappa shape index (κ1) is 13.2. The third-order valence-electron chi connectivity index (χ3n) is 2.40. The Morgan fingerprint density at radius 3 is 2.78 bits per heavy atom. The van der Waals surface area contributed by atoms with Gasteiger partial charge in [0.15, 0.2) is 0 Å². The van der Waals surface area contributed by atoms with Gasteiger partial charge < -0.3 is 5.32 Å². The smallest absolute Gasteiger partial charge is 0.130 e. The molecule has 0 unspecified atom stereocenters. The Morgan fingerprint density at radius 1 is 1.28 bits per heavy atom. The lowest BCUT2D eigenvalue weighted by atomic mass is 10.2. The average Bonchev–Trinajstić information content (AvgIpc) is 2.37. The Balaban J connectivity index is 2.11. The van der Waals surface area contributed by atoms with Gasteiger partial charge >= 0.3 is 0 Å². The lowest BCUT2D eigenvalue weighted by molar-refractivity contribution is 0.969. The van der Waals surface area contributed by atoms with Gasteiger partial charge in [-0.2, -0.15) is 0 Å². The van der Waals surface area contributed by atoms with Crippen molar-refractivity contribution in [2.75, 3.05) is 12.4 Å². The Morgan fingerprint density at radius 2 is 2.06 bits per heavy atom. The third kappa shape index (κ3) is 3.37. The number of aromatic nitrogens is 2. The minimum Gasteiger partial charge on any atom is -0.373 e. The van der Waals surface area contributed by atoms with E-state index in [1.165, 1.54) is 0 Å². The maximum atomic E-state index is 6.12. The van der Waals surface area contributed by atoms with Gasteiger partial charge in [-0.25, -0.2) is 9.97 Å². The summed E-state index contributed by atoms with van der Waals surface area (Å²) in [7, 11) is 1.85. The fourth-order valence-electron chi connectivity index (χ4n) is 1.51. The van der Waals surface area contributed by atoms with Crippen molar-refractivity contribution < 1.29 is 0 Å². The van der Waals surface area contributed by atoms with Crippen molar-refractivity contribution in [1.82, 2.24) is 9.97 Å². The molecule has 0 aliphatic rings. The second-order valence-electron chi connectivity index (χ2n) is 3.77. The van der Waals surface area contributed by atoms with Crippen LogP contribution >= 0.6 is 23.4 Å². The number of anilines is 1. The molecule has 0 fully saturated rings. The van der Waals surface area contributed by atoms with Crippen molar-refractivity contribution in [2.45, 2.75) is 17.7 Å². The van der Waals surface area contributed by atoms with Crippen LogP contribution in [0.2, 0.25) is 5.02 Å². The zero-order valence-corrected chi connectivity index (χ0v) is 11.8. The van der Waals surface area contributed by atoms with Gasteiger partial charge in [-0.3, -0.25) is 0 Å². The molecule has 0 saturated carbocycles. The minimum atomic E-state index is 0.767. The monoisotopic (exact) mass is 279 g/mol. The van der Waals surface area contributed by atoms with Crippen molar-refractivity contribution in [3.63, 3.8) is 0 Å². The standard InChI is InChI=1S/C13H14ClN3S/c1-9-16-12(15-2)7-13(17-9)18-8-10-5-3-4-6-11(10)14/h3-7H,8H2,1-2H3,(H,15,16,17). The SMILES string of the molecule is CNc1cc(SCc2ccccc2Cl)nc(C)n1. The van der Waals surface area contributed by atoms with E-state index in [-0.39, 0.29) is 0 Å². The first-order valence-corrected chi connectivity index (χ1v) is 6.95. The molecule has 5 heteroatoms. The Kier molecular flexibility index (Phi) is 4.44. The molecule has 1 heterocycles. The summed E-state index contributed by atoms with van der Waals surface area (Å²) in [5.74, 6) is 2.41. The summed E-state index contributed by atoms with van der Waals surface area (Å²) in [6.45, 7) is 1.89. The van der Waals surface area contributed by atoms with E-state index >= 15 is 0 Å². The summed E-state index contributed by atoms with van der Waals surface area (Å²) in [5.41, 5.74) is 1.12. The third-order valence-corrected chi connectivity index (χ3v) is 3.73. The van der Waals surface area contributed by atoms with Crippen LogP contribution in [0.25, 0.3) is 0 Å². The van der Waals surface area contributed by atoms with E-state index in [1.54, 1.807) is 11.8 Å². The quantitative estimate of drug-likeness (QED) is 0.683. The average molecular weight is 280 g/mol. The topological polar surface area (TPSA) is 37.8 Å². The molecule has 0 atom stereocenters. The molecule has 0 aliphatic carbocycles. The zero-order chi connectivity index (χ0) is 13.0. The molecular weight excluding hydrogens is 266 g/mol. The predicted octanol–water partition coefficient (Wildman–Crippen LogP) is 3.77. The lowest BCUT2D eigenvalue weighted by Gasteiger charge is -2.06. The highest BCUT2D eigenvalue weighted by Crippen LogP contribution is 2.26. The largest absolute Gasteiger partial charge is 0.373 e. The molecule has 0 saturated heterocycles. The number of halogens is 1. The van der Waals surface area contributed by atoms with Crippen LogP contribution in [0.4, 0.5) is 5.82 Å². The van der Waals surface area contributed by atoms with E-state index in [0.717, 1.165) is 33.0 Å². The van der Waals surface area contributed by atoms with Gasteiger partial charge in [-0.15, -0.1) is 11.8 Å². The maximum Gasteiger partial charge on any atom is 0.130 e. The molecule has 0 spiro atoms. The number of rotatable bonds is 4. The van der Waals surface area contributed by atoms with Crippen LogP contribution in [0.3, 0.4) is 0 Å². The molecule has 0 bridgehead atoms. The van der Waals surface area contributed by atoms with E-state index in [0.29, 0.717) is 0 Å². The molecule has 94 valence electrons. The predicted molar refractivity (Wildman–Crippen MR) is 77.3 cm³/mol. The molecule has 1 aromatic carbocycles. The molecule has 0 amide bonds. The fraction of sp³-hybridized carbons (Fsp3) is 0.231. The summed E-state index contributed by atoms with van der Waals surface area (Å²) in [6, 6.07) is 9.80. The number of benzene rings is 1. The van der Waals surface area contributed by atoms with Crippen LogP contribution in [0.5, 0.6) is 0 Å². The molecule has 3 nitrogen and oxygen atoms in total. The fourth-order valence-corrected chi connectivity index (χ4v) is 2.74. The maximum absolute atomic E-state index is 6.12. The van der Waals surface area contributed by atoms with Crippen LogP contribution in [0.1, 0.15) is 11.4 Å². The highest BCUT2D eigenvalue weighted by Gasteiger charge is 2.04. The Hall–Kier alpha value is -1.26. The number of nitrogens with one attached hydrogen (secondary N) is 1. The summed E-state index contributed by atoms with van der Waals surface area (Å²) in [6.07, 6.45) is 0. The van der Waals surface area contributed by atoms with Gasteiger partial charge in [0.25, 0.3) is 0 Å². The van der Waals surface area contributed by atoms with E-state index in [2.05, 4.69) is 15.3 Å². The van der Waals surface area contributed by atoms with Crippen LogP contribution in [0, 0.1) is 6.92 Å². The highest BCUT2D eigenvalue weighted by molar-refractivity contribution is 7.98. The van der Waals surface area contributed by atoms with E-state index < -0.39 is 0 Å². The lowest BCUT2D eigenvalue weighted by Crippen LogP contribution is -1.97. The molecular formula is C13H14ClN3S. The molecule has 2 rings (SSSR count). The summed E-state index contributed by atoms with van der Waals surface area (Å²) < 4.78 is 0. The molecule has 1 N–H and O–H groups in total. The first-order chi connectivity index (χ1) is 8.69. The van der Waals surface area contributed by atoms with E-state index in [9.17, 15) is 0 Å². The highest BCUT2D eigenvalue weighted by atomic mass is 35.5. The van der Waals surface area contributed by atoms with Crippen molar-refractivity contribution in [2.24, 2.45) is 0 Å². The van der Waals surface area contributed by atoms with Crippen LogP contribution in [-0.4, -0.2) is 17.0 Å². The van der Waals surface area contributed by atoms with E-state index in [4.69, 9.17) is 11.6 Å². The van der Waals surface area contributed by atoms with Crippen molar-refractivity contribution in [1.29, 1.82) is 0 Å². The number of hydrogen-bond donors (Lipinski definition) is 1. The van der Waals surface area contributed by atoms with Gasteiger partial charge in [0, 0.05) is 23.9 Å². The van der Waals surface area contributed by atoms with Gasteiger partial charge in [-0.05, 0) is 18.6 Å². The second kappa shape index (κ2) is 6.07. The van der Waals surface area contributed by atoms with Gasteiger partial charge in [0.1, 0.15) is 16.7 Å². The van der Waals surface area contributed by atoms with Crippen molar-refractivity contribution in [3.8, 4) is 0 Å².